The summed E-state index contributed by atoms with van der Waals surface area (Å²) in [7, 11) is 0. The highest BCUT2D eigenvalue weighted by atomic mass is 35.5. The van der Waals surface area contributed by atoms with Crippen molar-refractivity contribution in [3.8, 4) is 5.69 Å². The second-order valence-corrected chi connectivity index (χ2v) is 12.2. The van der Waals surface area contributed by atoms with Crippen molar-refractivity contribution in [3.05, 3.63) is 113 Å². The molecule has 0 aliphatic rings. The van der Waals surface area contributed by atoms with Gasteiger partial charge in [0, 0.05) is 39.1 Å². The number of aryl methyl sites for hydroxylation is 1. The van der Waals surface area contributed by atoms with Crippen LogP contribution in [0.3, 0.4) is 0 Å². The summed E-state index contributed by atoms with van der Waals surface area (Å²) in [4.78, 5) is 1.32. The number of thiazole rings is 1. The Morgan fingerprint density at radius 2 is 1.08 bits per heavy atom. The Bertz CT molecular complexity index is 1250. The van der Waals surface area contributed by atoms with Gasteiger partial charge in [-0.3, -0.25) is 0 Å². The highest BCUT2D eigenvalue weighted by Gasteiger charge is 2.21. The van der Waals surface area contributed by atoms with E-state index < -0.39 is 0 Å². The molecule has 0 aliphatic heterocycles. The highest BCUT2D eigenvalue weighted by molar-refractivity contribution is 7.09. The van der Waals surface area contributed by atoms with Crippen LogP contribution in [0.25, 0.3) is 5.69 Å². The second kappa shape index (κ2) is 12.5. The maximum absolute atomic E-state index is 6.27. The van der Waals surface area contributed by atoms with Gasteiger partial charge < -0.3 is 12.4 Å². The van der Waals surface area contributed by atoms with Crippen LogP contribution in [0.4, 0.5) is 0 Å². The third kappa shape index (κ3) is 7.19. The second-order valence-electron chi connectivity index (χ2n) is 9.36. The fourth-order valence-electron chi connectivity index (χ4n) is 4.49. The molecule has 2 atom stereocenters. The van der Waals surface area contributed by atoms with E-state index in [0.717, 1.165) is 24.0 Å². The Morgan fingerprint density at radius 3 is 1.44 bits per heavy atom. The van der Waals surface area contributed by atoms with E-state index in [2.05, 4.69) is 56.0 Å². The number of hydrogen-bond donors (Lipinski definition) is 0. The van der Waals surface area contributed by atoms with Gasteiger partial charge in [0.05, 0.1) is 4.88 Å². The Labute approximate surface area is 244 Å². The van der Waals surface area contributed by atoms with E-state index in [-0.39, 0.29) is 24.2 Å². The Balaban J connectivity index is 0.00000361. The highest BCUT2D eigenvalue weighted by Crippen LogP contribution is 2.31. The van der Waals surface area contributed by atoms with Crippen LogP contribution in [0.5, 0.6) is 0 Å². The summed E-state index contributed by atoms with van der Waals surface area (Å²) in [6.45, 7) is 8.86. The van der Waals surface area contributed by atoms with Crippen molar-refractivity contribution in [3.63, 3.8) is 0 Å². The molecule has 2 unspecified atom stereocenters. The molecule has 0 saturated heterocycles. The Kier molecular flexibility index (Phi) is 10.2. The van der Waals surface area contributed by atoms with E-state index in [1.54, 1.807) is 23.5 Å². The van der Waals surface area contributed by atoms with Crippen LogP contribution in [0, 0.1) is 13.8 Å². The van der Waals surface area contributed by atoms with Crippen LogP contribution >= 0.6 is 57.7 Å². The zero-order chi connectivity index (χ0) is 25.3. The van der Waals surface area contributed by atoms with Crippen LogP contribution in [-0.4, -0.2) is 0 Å². The lowest BCUT2D eigenvalue weighted by molar-refractivity contribution is -0.597. The van der Waals surface area contributed by atoms with Gasteiger partial charge in [0.15, 0.2) is 5.69 Å². The average Bonchev–Trinajstić information content (AvgIpc) is 3.10. The summed E-state index contributed by atoms with van der Waals surface area (Å²) in [5, 5.41) is 2.68. The topological polar surface area (TPSA) is 3.88 Å². The minimum absolute atomic E-state index is 0. The van der Waals surface area contributed by atoms with Crippen molar-refractivity contribution in [2.24, 2.45) is 0 Å². The summed E-state index contributed by atoms with van der Waals surface area (Å²) in [5.41, 5.74) is 9.50. The summed E-state index contributed by atoms with van der Waals surface area (Å²) in [6.07, 6.45) is 1.71. The lowest BCUT2D eigenvalue weighted by Crippen LogP contribution is -3.00. The maximum atomic E-state index is 6.27. The van der Waals surface area contributed by atoms with E-state index in [1.165, 1.54) is 27.4 Å². The minimum Gasteiger partial charge on any atom is -1.00 e. The lowest BCUT2D eigenvalue weighted by atomic mass is 9.87. The number of nitrogens with zero attached hydrogens (tertiary/aromatic N) is 1. The number of benzene rings is 3. The lowest BCUT2D eigenvalue weighted by Gasteiger charge is -2.18. The maximum Gasteiger partial charge on any atom is 0.231 e. The van der Waals surface area contributed by atoms with Crippen molar-refractivity contribution < 1.29 is 17.0 Å². The zero-order valence-corrected chi connectivity index (χ0v) is 25.2. The molecule has 0 fully saturated rings. The van der Waals surface area contributed by atoms with E-state index >= 15 is 0 Å². The standard InChI is InChI=1S/C29H28Cl4NS.ClH/c1-17(5-21-7-25(30)14-26(31)8-21)23-11-24(13-29(12-23)34-16-35-20(4)19(34)3)18(2)6-22-9-27(32)15-28(33)10-22;/h7-18H,5-6H2,1-4H3;1H/q+1;/p-1. The summed E-state index contributed by atoms with van der Waals surface area (Å²) in [6, 6.07) is 18.5. The molecule has 0 aliphatic carbocycles. The first-order valence-corrected chi connectivity index (χ1v) is 14.0. The molecule has 3 aromatic carbocycles. The van der Waals surface area contributed by atoms with Gasteiger partial charge in [0.25, 0.3) is 0 Å². The van der Waals surface area contributed by atoms with Crippen molar-refractivity contribution in [1.29, 1.82) is 0 Å². The smallest absolute Gasteiger partial charge is 0.231 e. The van der Waals surface area contributed by atoms with E-state index in [9.17, 15) is 0 Å². The first-order chi connectivity index (χ1) is 16.6. The van der Waals surface area contributed by atoms with E-state index in [1.807, 2.05) is 24.3 Å². The van der Waals surface area contributed by atoms with Crippen molar-refractivity contribution in [1.82, 2.24) is 0 Å². The number of hydrogen-bond acceptors (Lipinski definition) is 1. The molecular weight excluding hydrogens is 572 g/mol. The molecule has 0 bridgehead atoms. The van der Waals surface area contributed by atoms with Crippen LogP contribution in [-0.2, 0) is 12.8 Å². The normalized spacial score (nSPS) is 12.8. The van der Waals surface area contributed by atoms with Crippen LogP contribution in [0.15, 0.2) is 60.1 Å². The molecule has 4 aromatic rings. The van der Waals surface area contributed by atoms with Crippen LogP contribution in [0.2, 0.25) is 20.1 Å². The summed E-state index contributed by atoms with van der Waals surface area (Å²) >= 11 is 26.8. The number of aromatic nitrogens is 1. The third-order valence-electron chi connectivity index (χ3n) is 6.51. The third-order valence-corrected chi connectivity index (χ3v) is 8.35. The van der Waals surface area contributed by atoms with Crippen molar-refractivity contribution in [2.75, 3.05) is 0 Å². The largest absolute Gasteiger partial charge is 1.00 e. The molecule has 1 heterocycles. The van der Waals surface area contributed by atoms with Crippen molar-refractivity contribution >= 4 is 57.7 Å². The van der Waals surface area contributed by atoms with Gasteiger partial charge in [-0.05, 0) is 90.3 Å². The summed E-state index contributed by atoms with van der Waals surface area (Å²) < 4.78 is 2.29. The predicted octanol–water partition coefficient (Wildman–Crippen LogP) is 6.95. The first kappa shape index (κ1) is 29.3. The molecule has 0 saturated carbocycles. The van der Waals surface area contributed by atoms with Gasteiger partial charge in [-0.25, -0.2) is 0 Å². The quantitative estimate of drug-likeness (QED) is 0.203. The molecule has 7 heteroatoms. The van der Waals surface area contributed by atoms with Crippen LogP contribution < -0.4 is 17.0 Å². The molecule has 0 amide bonds. The predicted molar refractivity (Wildman–Crippen MR) is 152 cm³/mol. The fourth-order valence-corrected chi connectivity index (χ4v) is 6.44. The molecule has 0 N–H and O–H groups in total. The molecule has 0 radical (unpaired) electrons. The monoisotopic (exact) mass is 597 g/mol. The average molecular weight is 600 g/mol. The first-order valence-electron chi connectivity index (χ1n) is 11.6. The number of rotatable bonds is 7. The zero-order valence-electron chi connectivity index (χ0n) is 20.6. The van der Waals surface area contributed by atoms with Crippen molar-refractivity contribution in [2.45, 2.75) is 52.4 Å². The molecule has 36 heavy (non-hydrogen) atoms. The molecule has 1 aromatic heterocycles. The van der Waals surface area contributed by atoms with Crippen LogP contribution in [0.1, 0.15) is 58.5 Å². The molecule has 190 valence electrons. The Morgan fingerprint density at radius 1 is 0.667 bits per heavy atom. The van der Waals surface area contributed by atoms with Gasteiger partial charge in [0.1, 0.15) is 0 Å². The van der Waals surface area contributed by atoms with Gasteiger partial charge >= 0.3 is 0 Å². The van der Waals surface area contributed by atoms with E-state index in [0.29, 0.717) is 20.1 Å². The molecule has 0 spiro atoms. The SMILES string of the molecule is Cc1sc[n+](-c2cc(C(C)Cc3cc(Cl)cc(Cl)c3)cc(C(C)Cc3cc(Cl)cc(Cl)c3)c2)c1C.[Cl-]. The summed E-state index contributed by atoms with van der Waals surface area (Å²) in [5.74, 6) is 0.577. The van der Waals surface area contributed by atoms with Gasteiger partial charge in [-0.2, -0.15) is 4.57 Å². The van der Waals surface area contributed by atoms with E-state index in [4.69, 9.17) is 46.4 Å². The fraction of sp³-hybridized carbons (Fsp3) is 0.276. The number of halogens is 5. The van der Waals surface area contributed by atoms with Gasteiger partial charge in [-0.1, -0.05) is 77.7 Å². The molecule has 1 nitrogen and oxygen atoms in total. The van der Waals surface area contributed by atoms with Gasteiger partial charge in [0.2, 0.25) is 11.2 Å². The Hall–Kier alpha value is -1.26. The minimum atomic E-state index is 0. The molecular formula is C29H28Cl5NS. The molecule has 4 rings (SSSR count). The van der Waals surface area contributed by atoms with Gasteiger partial charge in [-0.15, -0.1) is 0 Å².